The normalized spacial score (nSPS) is 11.2. The summed E-state index contributed by atoms with van der Waals surface area (Å²) in [4.78, 5) is 4.27. The van der Waals surface area contributed by atoms with E-state index < -0.39 is 0 Å². The third-order valence-electron chi connectivity index (χ3n) is 2.62. The minimum absolute atomic E-state index is 0.156. The maximum Gasteiger partial charge on any atom is 0.183 e. The van der Waals surface area contributed by atoms with Gasteiger partial charge in [-0.05, 0) is 36.6 Å². The lowest BCUT2D eigenvalue weighted by Crippen LogP contribution is -2.12. The Bertz CT molecular complexity index is 706. The molecule has 0 radical (unpaired) electrons. The summed E-state index contributed by atoms with van der Waals surface area (Å²) in [6, 6.07) is 8.69. The Morgan fingerprint density at radius 3 is 2.86 bits per heavy atom. The number of nitriles is 1. The molecule has 0 saturated heterocycles. The largest absolute Gasteiger partial charge is 0.459 e. The highest BCUT2D eigenvalue weighted by molar-refractivity contribution is 8.13. The molecule has 0 fully saturated rings. The van der Waals surface area contributed by atoms with Crippen molar-refractivity contribution in [2.75, 3.05) is 6.26 Å². The summed E-state index contributed by atoms with van der Waals surface area (Å²) < 4.78 is 5.45. The van der Waals surface area contributed by atoms with E-state index in [4.69, 9.17) is 26.4 Å². The summed E-state index contributed by atoms with van der Waals surface area (Å²) in [7, 11) is 0. The van der Waals surface area contributed by atoms with E-state index in [9.17, 15) is 0 Å². The van der Waals surface area contributed by atoms with Crippen molar-refractivity contribution in [1.29, 1.82) is 5.26 Å². The van der Waals surface area contributed by atoms with Gasteiger partial charge in [0.25, 0.3) is 0 Å². The van der Waals surface area contributed by atoms with Crippen LogP contribution >= 0.6 is 23.4 Å². The van der Waals surface area contributed by atoms with E-state index in [1.807, 2.05) is 12.4 Å². The molecule has 0 spiro atoms. The second kappa shape index (κ2) is 7.18. The number of aliphatic hydroxyl groups is 1. The number of hydrogen-bond acceptors (Lipinski definition) is 5. The lowest BCUT2D eigenvalue weighted by molar-refractivity contribution is 0.248. The fourth-order valence-electron chi connectivity index (χ4n) is 1.67. The van der Waals surface area contributed by atoms with Gasteiger partial charge in [0.05, 0.1) is 10.7 Å². The number of benzene rings is 1. The lowest BCUT2D eigenvalue weighted by Gasteiger charge is -2.04. The first kappa shape index (κ1) is 15.4. The van der Waals surface area contributed by atoms with Gasteiger partial charge in [-0.1, -0.05) is 23.4 Å². The molecule has 0 aliphatic rings. The summed E-state index contributed by atoms with van der Waals surface area (Å²) >= 11 is 7.57. The van der Waals surface area contributed by atoms with Crippen LogP contribution in [0.3, 0.4) is 0 Å². The molecule has 2 aromatic rings. The number of nitrogens with one attached hydrogen (secondary N) is 1. The van der Waals surface area contributed by atoms with Crippen molar-refractivity contribution >= 4 is 34.2 Å². The smallest absolute Gasteiger partial charge is 0.183 e. The van der Waals surface area contributed by atoms with Gasteiger partial charge in [0, 0.05) is 5.56 Å². The molecule has 1 aromatic carbocycles. The molecule has 7 heteroatoms. The number of hydrogen-bond donors (Lipinski definition) is 2. The van der Waals surface area contributed by atoms with Crippen LogP contribution in [0, 0.1) is 11.5 Å². The van der Waals surface area contributed by atoms with Gasteiger partial charge < -0.3 is 9.52 Å². The molecule has 0 amide bonds. The van der Waals surface area contributed by atoms with E-state index >= 15 is 0 Å². The van der Waals surface area contributed by atoms with E-state index in [0.717, 1.165) is 0 Å². The fraction of sp³-hybridized carbons (Fsp3) is 0.143. The highest BCUT2D eigenvalue weighted by Crippen LogP contribution is 2.32. The molecular formula is C14H12ClN3O2S. The number of halogens is 1. The van der Waals surface area contributed by atoms with Crippen LogP contribution in [-0.4, -0.2) is 16.5 Å². The van der Waals surface area contributed by atoms with Gasteiger partial charge in [0.15, 0.2) is 11.4 Å². The van der Waals surface area contributed by atoms with Gasteiger partial charge in [-0.2, -0.15) is 5.26 Å². The number of furan rings is 1. The van der Waals surface area contributed by atoms with Crippen LogP contribution < -0.4 is 5.32 Å². The molecule has 2 rings (SSSR count). The monoisotopic (exact) mass is 321 g/mol. The molecule has 0 bridgehead atoms. The number of thioether (sulfide) groups is 1. The predicted octanol–water partition coefficient (Wildman–Crippen LogP) is 3.51. The lowest BCUT2D eigenvalue weighted by atomic mass is 10.1. The van der Waals surface area contributed by atoms with Gasteiger partial charge >= 0.3 is 0 Å². The minimum Gasteiger partial charge on any atom is -0.459 e. The van der Waals surface area contributed by atoms with Crippen molar-refractivity contribution in [3.05, 3.63) is 41.1 Å². The van der Waals surface area contributed by atoms with E-state index in [1.54, 1.807) is 30.3 Å². The average Bonchev–Trinajstić information content (AvgIpc) is 2.95. The number of rotatable bonds is 3. The molecule has 1 aromatic heterocycles. The van der Waals surface area contributed by atoms with E-state index in [-0.39, 0.29) is 6.61 Å². The van der Waals surface area contributed by atoms with E-state index in [0.29, 0.717) is 33.0 Å². The third kappa shape index (κ3) is 3.79. The van der Waals surface area contributed by atoms with Crippen molar-refractivity contribution in [3.63, 3.8) is 0 Å². The predicted molar refractivity (Wildman–Crippen MR) is 84.4 cm³/mol. The molecule has 5 nitrogen and oxygen atoms in total. The summed E-state index contributed by atoms with van der Waals surface area (Å²) in [5, 5.41) is 21.1. The maximum absolute atomic E-state index is 9.01. The van der Waals surface area contributed by atoms with Crippen molar-refractivity contribution in [3.8, 4) is 17.5 Å². The van der Waals surface area contributed by atoms with Crippen LogP contribution in [-0.2, 0) is 6.61 Å². The molecule has 0 unspecified atom stereocenters. The molecule has 0 aliphatic heterocycles. The topological polar surface area (TPSA) is 81.6 Å². The number of aliphatic hydroxyl groups excluding tert-OH is 1. The van der Waals surface area contributed by atoms with Crippen LogP contribution in [0.25, 0.3) is 11.3 Å². The van der Waals surface area contributed by atoms with Gasteiger partial charge in [-0.25, -0.2) is 4.99 Å². The molecule has 108 valence electrons. The van der Waals surface area contributed by atoms with Gasteiger partial charge in [-0.15, -0.1) is 0 Å². The first-order chi connectivity index (χ1) is 10.2. The highest BCUT2D eigenvalue weighted by atomic mass is 35.5. The SMILES string of the molecule is CSC(=Nc1ccc(-c2ccc(CO)o2)c(Cl)c1)NC#N. The Hall–Kier alpha value is -1.94. The standard InChI is InChI=1S/C14H12ClN3O2S/c1-21-14(17-8-16)18-9-2-4-11(12(15)6-9)13-5-3-10(7-19)20-13/h2-6,19H,7H2,1H3,(H,17,18). The Morgan fingerprint density at radius 2 is 2.29 bits per heavy atom. The van der Waals surface area contributed by atoms with Crippen LogP contribution in [0.2, 0.25) is 5.02 Å². The van der Waals surface area contributed by atoms with Crippen LogP contribution in [0.5, 0.6) is 0 Å². The third-order valence-corrected chi connectivity index (χ3v) is 3.52. The van der Waals surface area contributed by atoms with E-state index in [1.165, 1.54) is 11.8 Å². The van der Waals surface area contributed by atoms with Crippen LogP contribution in [0.15, 0.2) is 39.7 Å². The van der Waals surface area contributed by atoms with Gasteiger partial charge in [-0.3, -0.25) is 5.32 Å². The first-order valence-electron chi connectivity index (χ1n) is 5.95. The Morgan fingerprint density at radius 1 is 1.48 bits per heavy atom. The molecular weight excluding hydrogens is 310 g/mol. The van der Waals surface area contributed by atoms with Crippen molar-refractivity contribution in [2.45, 2.75) is 6.61 Å². The zero-order chi connectivity index (χ0) is 15.2. The molecule has 0 aliphatic carbocycles. The van der Waals surface area contributed by atoms with Crippen LogP contribution in [0.4, 0.5) is 5.69 Å². The maximum atomic E-state index is 9.01. The fourth-order valence-corrected chi connectivity index (χ4v) is 2.28. The average molecular weight is 322 g/mol. The number of amidine groups is 1. The number of aliphatic imine (C=N–C) groups is 1. The number of nitrogens with zero attached hydrogens (tertiary/aromatic N) is 2. The van der Waals surface area contributed by atoms with Gasteiger partial charge in [0.2, 0.25) is 0 Å². The zero-order valence-corrected chi connectivity index (χ0v) is 12.7. The second-order valence-electron chi connectivity index (χ2n) is 3.95. The zero-order valence-electron chi connectivity index (χ0n) is 11.1. The first-order valence-corrected chi connectivity index (χ1v) is 7.55. The summed E-state index contributed by atoms with van der Waals surface area (Å²) in [5.74, 6) is 1.06. The molecule has 1 heterocycles. The quantitative estimate of drug-likeness (QED) is 0.391. The van der Waals surface area contributed by atoms with E-state index in [2.05, 4.69) is 10.3 Å². The van der Waals surface area contributed by atoms with Crippen molar-refractivity contribution in [2.24, 2.45) is 4.99 Å². The summed E-state index contributed by atoms with van der Waals surface area (Å²) in [6.07, 6.45) is 3.64. The van der Waals surface area contributed by atoms with Gasteiger partial charge in [0.1, 0.15) is 18.1 Å². The van der Waals surface area contributed by atoms with Crippen LogP contribution in [0.1, 0.15) is 5.76 Å². The summed E-state index contributed by atoms with van der Waals surface area (Å²) in [6.45, 7) is -0.156. The van der Waals surface area contributed by atoms with Crippen molar-refractivity contribution < 1.29 is 9.52 Å². The highest BCUT2D eigenvalue weighted by Gasteiger charge is 2.09. The molecule has 2 N–H and O–H groups in total. The summed E-state index contributed by atoms with van der Waals surface area (Å²) in [5.41, 5.74) is 1.35. The Kier molecular flexibility index (Phi) is 5.28. The second-order valence-corrected chi connectivity index (χ2v) is 5.15. The molecule has 21 heavy (non-hydrogen) atoms. The Labute approximate surface area is 131 Å². The molecule has 0 atom stereocenters. The van der Waals surface area contributed by atoms with Crippen molar-refractivity contribution in [1.82, 2.24) is 5.32 Å². The molecule has 0 saturated carbocycles. The Balaban J connectivity index is 2.31. The minimum atomic E-state index is -0.156.